The van der Waals surface area contributed by atoms with Gasteiger partial charge in [-0.2, -0.15) is 0 Å². The number of carbonyl (C=O) groups excluding carboxylic acids is 2. The molecule has 0 saturated carbocycles. The fourth-order valence-corrected chi connectivity index (χ4v) is 3.19. The Bertz CT molecular complexity index is 859. The molecule has 6 heteroatoms. The maximum Gasteiger partial charge on any atom is 0.261 e. The lowest BCUT2D eigenvalue weighted by Crippen LogP contribution is -2.49. The van der Waals surface area contributed by atoms with Crippen LogP contribution in [0.3, 0.4) is 0 Å². The van der Waals surface area contributed by atoms with Gasteiger partial charge >= 0.3 is 0 Å². The molecule has 0 aliphatic carbocycles. The number of rotatable bonds is 8. The van der Waals surface area contributed by atoms with Crippen LogP contribution in [0.1, 0.15) is 45.7 Å². The van der Waals surface area contributed by atoms with E-state index in [1.54, 1.807) is 13.0 Å². The van der Waals surface area contributed by atoms with Crippen LogP contribution in [0.25, 0.3) is 0 Å². The molecule has 5 nitrogen and oxygen atoms in total. The molecule has 0 heterocycles. The molecule has 0 saturated heterocycles. The van der Waals surface area contributed by atoms with Crippen molar-refractivity contribution in [2.24, 2.45) is 0 Å². The average molecular weight is 431 g/mol. The van der Waals surface area contributed by atoms with E-state index in [1.165, 1.54) is 10.5 Å². The summed E-state index contributed by atoms with van der Waals surface area (Å²) in [5.74, 6) is 0.112. The van der Waals surface area contributed by atoms with Crippen LogP contribution in [0, 0.1) is 0 Å². The van der Waals surface area contributed by atoms with Gasteiger partial charge in [-0.15, -0.1) is 0 Å². The van der Waals surface area contributed by atoms with Gasteiger partial charge in [0.2, 0.25) is 5.91 Å². The Morgan fingerprint density at radius 1 is 1.10 bits per heavy atom. The lowest BCUT2D eigenvalue weighted by atomic mass is 9.87. The fraction of sp³-hybridized carbons (Fsp3) is 0.417. The molecular formula is C24H31ClN2O3. The number of amides is 2. The van der Waals surface area contributed by atoms with Gasteiger partial charge in [0.15, 0.2) is 6.61 Å². The van der Waals surface area contributed by atoms with E-state index in [1.807, 2.05) is 49.4 Å². The van der Waals surface area contributed by atoms with Crippen molar-refractivity contribution in [1.29, 1.82) is 0 Å². The smallest absolute Gasteiger partial charge is 0.261 e. The summed E-state index contributed by atoms with van der Waals surface area (Å²) in [6.45, 7) is 10.5. The van der Waals surface area contributed by atoms with Crippen LogP contribution in [-0.2, 0) is 21.5 Å². The lowest BCUT2D eigenvalue weighted by molar-refractivity contribution is -0.142. The number of nitrogens with one attached hydrogen (secondary N) is 1. The summed E-state index contributed by atoms with van der Waals surface area (Å²) in [6.07, 6.45) is 0. The maximum atomic E-state index is 13.0. The van der Waals surface area contributed by atoms with Gasteiger partial charge in [0, 0.05) is 18.1 Å². The van der Waals surface area contributed by atoms with Crippen LogP contribution < -0.4 is 10.1 Å². The highest BCUT2D eigenvalue weighted by Crippen LogP contribution is 2.24. The minimum Gasteiger partial charge on any atom is -0.484 e. The van der Waals surface area contributed by atoms with Gasteiger partial charge < -0.3 is 15.0 Å². The van der Waals surface area contributed by atoms with Gasteiger partial charge in [0.1, 0.15) is 11.8 Å². The molecule has 0 aliphatic rings. The van der Waals surface area contributed by atoms with E-state index in [2.05, 4.69) is 26.1 Å². The highest BCUT2D eigenvalue weighted by Gasteiger charge is 2.26. The van der Waals surface area contributed by atoms with E-state index in [0.29, 0.717) is 17.3 Å². The van der Waals surface area contributed by atoms with Crippen LogP contribution in [0.5, 0.6) is 5.75 Å². The second kappa shape index (κ2) is 10.5. The molecule has 0 unspecified atom stereocenters. The Labute approximate surface area is 184 Å². The summed E-state index contributed by atoms with van der Waals surface area (Å²) in [5, 5.41) is 3.32. The minimum absolute atomic E-state index is 0.0438. The molecular weight excluding hydrogens is 400 g/mol. The van der Waals surface area contributed by atoms with Crippen molar-refractivity contribution in [1.82, 2.24) is 10.2 Å². The van der Waals surface area contributed by atoms with Gasteiger partial charge in [0.05, 0.1) is 0 Å². The standard InChI is InChI=1S/C24H31ClN2O3/c1-6-26-23(29)17(2)27(15-18-9-7-8-10-21(18)25)22(28)16-30-20-13-11-19(12-14-20)24(3,4)5/h7-14,17H,6,15-16H2,1-5H3,(H,26,29)/t17-/m0/s1. The summed E-state index contributed by atoms with van der Waals surface area (Å²) < 4.78 is 5.72. The van der Waals surface area contributed by atoms with Crippen molar-refractivity contribution in [2.45, 2.75) is 52.6 Å². The van der Waals surface area contributed by atoms with Crippen molar-refractivity contribution in [2.75, 3.05) is 13.2 Å². The van der Waals surface area contributed by atoms with Crippen molar-refractivity contribution in [3.8, 4) is 5.75 Å². The van der Waals surface area contributed by atoms with Gasteiger partial charge in [0.25, 0.3) is 5.91 Å². The Morgan fingerprint density at radius 2 is 1.73 bits per heavy atom. The van der Waals surface area contributed by atoms with Crippen LogP contribution in [0.2, 0.25) is 5.02 Å². The number of ether oxygens (including phenoxy) is 1. The molecule has 0 bridgehead atoms. The fourth-order valence-electron chi connectivity index (χ4n) is 2.99. The second-order valence-electron chi connectivity index (χ2n) is 8.25. The second-order valence-corrected chi connectivity index (χ2v) is 8.65. The minimum atomic E-state index is -0.652. The van der Waals surface area contributed by atoms with Gasteiger partial charge in [-0.05, 0) is 48.6 Å². The van der Waals surface area contributed by atoms with Gasteiger partial charge in [-0.25, -0.2) is 0 Å². The predicted octanol–water partition coefficient (Wildman–Crippen LogP) is 4.57. The number of nitrogens with zero attached hydrogens (tertiary/aromatic N) is 1. The third kappa shape index (κ3) is 6.49. The molecule has 0 aromatic heterocycles. The molecule has 0 aliphatic heterocycles. The molecule has 0 fully saturated rings. The SMILES string of the molecule is CCNC(=O)[C@H](C)N(Cc1ccccc1Cl)C(=O)COc1ccc(C(C)(C)C)cc1. The van der Waals surface area contributed by atoms with E-state index in [9.17, 15) is 9.59 Å². The summed E-state index contributed by atoms with van der Waals surface area (Å²) in [7, 11) is 0. The van der Waals surface area contributed by atoms with E-state index < -0.39 is 6.04 Å². The number of hydrogen-bond acceptors (Lipinski definition) is 3. The van der Waals surface area contributed by atoms with Crippen LogP contribution in [0.4, 0.5) is 0 Å². The third-order valence-electron chi connectivity index (χ3n) is 4.90. The predicted molar refractivity (Wildman–Crippen MR) is 121 cm³/mol. The lowest BCUT2D eigenvalue weighted by Gasteiger charge is -2.29. The highest BCUT2D eigenvalue weighted by molar-refractivity contribution is 6.31. The number of halogens is 1. The van der Waals surface area contributed by atoms with Crippen molar-refractivity contribution in [3.63, 3.8) is 0 Å². The molecule has 2 amide bonds. The van der Waals surface area contributed by atoms with Crippen LogP contribution in [0.15, 0.2) is 48.5 Å². The summed E-state index contributed by atoms with van der Waals surface area (Å²) in [4.78, 5) is 26.9. The Balaban J connectivity index is 2.13. The first-order chi connectivity index (χ1) is 14.1. The molecule has 0 spiro atoms. The van der Waals surface area contributed by atoms with E-state index >= 15 is 0 Å². The van der Waals surface area contributed by atoms with Crippen molar-refractivity contribution < 1.29 is 14.3 Å². The summed E-state index contributed by atoms with van der Waals surface area (Å²) in [6, 6.07) is 14.4. The van der Waals surface area contributed by atoms with Crippen LogP contribution >= 0.6 is 11.6 Å². The third-order valence-corrected chi connectivity index (χ3v) is 5.27. The Morgan fingerprint density at radius 3 is 2.30 bits per heavy atom. The van der Waals surface area contributed by atoms with E-state index in [-0.39, 0.29) is 30.4 Å². The van der Waals surface area contributed by atoms with Gasteiger partial charge in [-0.3, -0.25) is 9.59 Å². The zero-order chi connectivity index (χ0) is 22.3. The average Bonchev–Trinajstić information content (AvgIpc) is 2.70. The monoisotopic (exact) mass is 430 g/mol. The zero-order valence-corrected chi connectivity index (χ0v) is 19.1. The molecule has 1 N–H and O–H groups in total. The number of hydrogen-bond donors (Lipinski definition) is 1. The molecule has 2 aromatic carbocycles. The van der Waals surface area contributed by atoms with Crippen molar-refractivity contribution >= 4 is 23.4 Å². The molecule has 2 aromatic rings. The molecule has 30 heavy (non-hydrogen) atoms. The van der Waals surface area contributed by atoms with Crippen molar-refractivity contribution in [3.05, 3.63) is 64.7 Å². The number of carbonyl (C=O) groups is 2. The first-order valence-corrected chi connectivity index (χ1v) is 10.5. The number of likely N-dealkylation sites (N-methyl/N-ethyl adjacent to an activating group) is 1. The first kappa shape index (κ1) is 23.7. The quantitative estimate of drug-likeness (QED) is 0.667. The zero-order valence-electron chi connectivity index (χ0n) is 18.4. The van der Waals surface area contributed by atoms with E-state index in [4.69, 9.17) is 16.3 Å². The molecule has 1 atom stereocenters. The normalized spacial score (nSPS) is 12.2. The first-order valence-electron chi connectivity index (χ1n) is 10.2. The summed E-state index contributed by atoms with van der Waals surface area (Å²) >= 11 is 6.27. The molecule has 162 valence electrons. The Hall–Kier alpha value is -2.53. The molecule has 2 rings (SSSR count). The molecule has 0 radical (unpaired) electrons. The largest absolute Gasteiger partial charge is 0.484 e. The summed E-state index contributed by atoms with van der Waals surface area (Å²) in [5.41, 5.74) is 2.01. The maximum absolute atomic E-state index is 13.0. The van der Waals surface area contributed by atoms with Crippen LogP contribution in [-0.4, -0.2) is 35.9 Å². The highest BCUT2D eigenvalue weighted by atomic mass is 35.5. The Kier molecular flexibility index (Phi) is 8.30. The van der Waals surface area contributed by atoms with E-state index in [0.717, 1.165) is 5.56 Å². The van der Waals surface area contributed by atoms with Gasteiger partial charge in [-0.1, -0.05) is 62.7 Å². The topological polar surface area (TPSA) is 58.6 Å². The number of benzene rings is 2.